The summed E-state index contributed by atoms with van der Waals surface area (Å²) in [5, 5.41) is 2.65. The zero-order chi connectivity index (χ0) is 37.6. The van der Waals surface area contributed by atoms with E-state index in [2.05, 4.69) is 69.5 Å². The number of carbonyl (C=O) groups excluding carboxylic acids is 2. The number of unbranched alkanes of at least 4 members (excludes halogenated alkanes) is 5. The summed E-state index contributed by atoms with van der Waals surface area (Å²) in [6.07, 6.45) is 36.2. The third kappa shape index (κ3) is 12.3. The summed E-state index contributed by atoms with van der Waals surface area (Å²) in [7, 11) is -4.06. The molecule has 0 aromatic heterocycles. The number of hydrogen-bond donors (Lipinski definition) is 2. The van der Waals surface area contributed by atoms with E-state index in [0.717, 1.165) is 75.5 Å². The van der Waals surface area contributed by atoms with Crippen molar-refractivity contribution in [3.8, 4) is 0 Å². The average Bonchev–Trinajstić information content (AvgIpc) is 3.46. The summed E-state index contributed by atoms with van der Waals surface area (Å²) in [6, 6.07) is 0. The number of hydrogen-bond acceptors (Lipinski definition) is 5. The largest absolute Gasteiger partial charge is 0.462 e. The topological polar surface area (TPSA) is 110 Å². The lowest BCUT2D eigenvalue weighted by Gasteiger charge is -2.61. The number of rotatable bonds is 21. The molecule has 9 unspecified atom stereocenters. The van der Waals surface area contributed by atoms with Gasteiger partial charge in [-0.05, 0) is 149 Å². The highest BCUT2D eigenvalue weighted by molar-refractivity contribution is 7.85. The normalized spacial score (nSPS) is 32.5. The Morgan fingerprint density at radius 1 is 0.827 bits per heavy atom. The van der Waals surface area contributed by atoms with E-state index in [9.17, 15) is 18.0 Å². The maximum atomic E-state index is 12.8. The first-order chi connectivity index (χ1) is 24.9. The number of fused-ring (bicyclic) bond motifs is 5. The van der Waals surface area contributed by atoms with E-state index in [4.69, 9.17) is 9.29 Å². The van der Waals surface area contributed by atoms with Crippen molar-refractivity contribution < 1.29 is 27.3 Å². The van der Waals surface area contributed by atoms with E-state index in [-0.39, 0.29) is 24.5 Å². The van der Waals surface area contributed by atoms with Crippen LogP contribution in [0.5, 0.6) is 0 Å². The number of allylic oxidation sites excluding steroid dienone is 6. The second kappa shape index (κ2) is 20.7. The van der Waals surface area contributed by atoms with E-state index in [1.54, 1.807) is 0 Å². The second-order valence-electron chi connectivity index (χ2n) is 17.5. The molecule has 0 bridgehead atoms. The van der Waals surface area contributed by atoms with Crippen molar-refractivity contribution in [2.24, 2.45) is 46.3 Å². The first kappa shape index (κ1) is 42.8. The molecule has 4 saturated carbocycles. The van der Waals surface area contributed by atoms with Crippen LogP contribution in [0.1, 0.15) is 163 Å². The number of esters is 1. The molecule has 1 amide bonds. The number of nitrogens with one attached hydrogen (secondary N) is 1. The highest BCUT2D eigenvalue weighted by Crippen LogP contribution is 2.68. The molecular formula is C44H73NO6S. The van der Waals surface area contributed by atoms with Crippen molar-refractivity contribution in [1.29, 1.82) is 0 Å². The van der Waals surface area contributed by atoms with Crippen LogP contribution in [0.4, 0.5) is 0 Å². The maximum absolute atomic E-state index is 12.8. The summed E-state index contributed by atoms with van der Waals surface area (Å²) in [6.45, 7) is 9.55. The van der Waals surface area contributed by atoms with Gasteiger partial charge in [0.1, 0.15) is 6.10 Å². The van der Waals surface area contributed by atoms with Crippen LogP contribution in [0.2, 0.25) is 0 Å². The van der Waals surface area contributed by atoms with Gasteiger partial charge in [-0.2, -0.15) is 8.42 Å². The number of ether oxygens (including phenoxy) is 1. The number of carbonyl (C=O) groups is 2. The van der Waals surface area contributed by atoms with Gasteiger partial charge in [0, 0.05) is 19.4 Å². The third-order valence-corrected chi connectivity index (χ3v) is 14.9. The maximum Gasteiger partial charge on any atom is 0.306 e. The van der Waals surface area contributed by atoms with Crippen LogP contribution in [0.3, 0.4) is 0 Å². The van der Waals surface area contributed by atoms with E-state index in [1.807, 2.05) is 0 Å². The third-order valence-electron chi connectivity index (χ3n) is 14.2. The van der Waals surface area contributed by atoms with Gasteiger partial charge < -0.3 is 10.1 Å². The smallest absolute Gasteiger partial charge is 0.306 e. The molecule has 4 fully saturated rings. The van der Waals surface area contributed by atoms with Crippen molar-refractivity contribution in [3.63, 3.8) is 0 Å². The quantitative estimate of drug-likeness (QED) is 0.0524. The van der Waals surface area contributed by atoms with Crippen molar-refractivity contribution in [1.82, 2.24) is 5.32 Å². The summed E-state index contributed by atoms with van der Waals surface area (Å²) >= 11 is 0. The van der Waals surface area contributed by atoms with E-state index < -0.39 is 15.9 Å². The lowest BCUT2D eigenvalue weighted by atomic mass is 9.44. The molecule has 0 spiro atoms. The molecule has 296 valence electrons. The Bertz CT molecular complexity index is 1320. The van der Waals surface area contributed by atoms with Gasteiger partial charge in [0.25, 0.3) is 10.1 Å². The average molecular weight is 744 g/mol. The molecule has 4 aliphatic carbocycles. The van der Waals surface area contributed by atoms with Crippen LogP contribution in [0, 0.1) is 46.3 Å². The van der Waals surface area contributed by atoms with Crippen LogP contribution in [-0.4, -0.2) is 43.2 Å². The Kier molecular flexibility index (Phi) is 17.0. The van der Waals surface area contributed by atoms with Crippen LogP contribution in [0.25, 0.3) is 0 Å². The number of amides is 1. The van der Waals surface area contributed by atoms with Gasteiger partial charge in [0.15, 0.2) is 0 Å². The molecule has 4 rings (SSSR count). The Morgan fingerprint density at radius 2 is 1.50 bits per heavy atom. The zero-order valence-electron chi connectivity index (χ0n) is 33.2. The fraction of sp³-hybridized carbons (Fsp3) is 0.818. The standard InChI is InChI=1S/C44H73NO6S/c1-5-6-7-8-9-10-11-12-13-14-15-16-17-18-19-20-42(47)51-36-27-29-43(3)35(33-36)22-23-37-39-25-24-38(44(39,4)30-28-40(37)43)34(2)21-26-41(46)45-31-32-52(48,49)50/h6-7,9-10,12-13,34-40H,5,8,11,14-33H2,1-4H3,(H,45,46)(H,48,49,50)/b7-6-,10-9-,13-12-. The Hall–Kier alpha value is -1.93. The molecular weight excluding hydrogens is 671 g/mol. The van der Waals surface area contributed by atoms with Gasteiger partial charge in [0.2, 0.25) is 5.91 Å². The minimum absolute atomic E-state index is 0.0126. The zero-order valence-corrected chi connectivity index (χ0v) is 34.0. The van der Waals surface area contributed by atoms with Gasteiger partial charge >= 0.3 is 5.97 Å². The predicted octanol–water partition coefficient (Wildman–Crippen LogP) is 10.6. The lowest BCUT2D eigenvalue weighted by Crippen LogP contribution is -2.54. The van der Waals surface area contributed by atoms with Gasteiger partial charge in [-0.1, -0.05) is 83.4 Å². The molecule has 0 aromatic carbocycles. The molecule has 2 N–H and O–H groups in total. The molecule has 7 nitrogen and oxygen atoms in total. The SMILES string of the molecule is CC/C=C\C/C=C\C/C=C\CCCCCCCC(=O)OC1CCC2(C)C(CCC3C2CCC2(C)C(C(C)CCC(=O)NCCS(=O)(=O)O)CCC32)C1. The lowest BCUT2D eigenvalue weighted by molar-refractivity contribution is -0.162. The monoisotopic (exact) mass is 744 g/mol. The minimum Gasteiger partial charge on any atom is -0.462 e. The molecule has 9 atom stereocenters. The van der Waals surface area contributed by atoms with Crippen LogP contribution in [-0.2, 0) is 24.4 Å². The molecule has 52 heavy (non-hydrogen) atoms. The Morgan fingerprint density at radius 3 is 2.25 bits per heavy atom. The van der Waals surface area contributed by atoms with Crippen LogP contribution in [0.15, 0.2) is 36.5 Å². The first-order valence-corrected chi connectivity index (χ1v) is 22.8. The van der Waals surface area contributed by atoms with Gasteiger partial charge in [0.05, 0.1) is 5.75 Å². The molecule has 0 radical (unpaired) electrons. The van der Waals surface area contributed by atoms with Gasteiger partial charge in [-0.3, -0.25) is 14.1 Å². The van der Waals surface area contributed by atoms with Gasteiger partial charge in [-0.15, -0.1) is 0 Å². The fourth-order valence-corrected chi connectivity index (χ4v) is 11.8. The fourth-order valence-electron chi connectivity index (χ4n) is 11.4. The van der Waals surface area contributed by atoms with E-state index >= 15 is 0 Å². The highest BCUT2D eigenvalue weighted by atomic mass is 32.2. The molecule has 0 saturated heterocycles. The van der Waals surface area contributed by atoms with Crippen molar-refractivity contribution >= 4 is 22.0 Å². The predicted molar refractivity (Wildman–Crippen MR) is 212 cm³/mol. The minimum atomic E-state index is -4.06. The summed E-state index contributed by atoms with van der Waals surface area (Å²) in [5.41, 5.74) is 0.660. The van der Waals surface area contributed by atoms with Crippen LogP contribution >= 0.6 is 0 Å². The van der Waals surface area contributed by atoms with Crippen molar-refractivity contribution in [2.45, 2.75) is 169 Å². The summed E-state index contributed by atoms with van der Waals surface area (Å²) in [4.78, 5) is 25.2. The summed E-state index contributed by atoms with van der Waals surface area (Å²) < 4.78 is 37.0. The summed E-state index contributed by atoms with van der Waals surface area (Å²) in [5.74, 6) is 3.42. The Balaban J connectivity index is 1.12. The van der Waals surface area contributed by atoms with Gasteiger partial charge in [-0.25, -0.2) is 0 Å². The Labute approximate surface area is 317 Å². The first-order valence-electron chi connectivity index (χ1n) is 21.2. The molecule has 8 heteroatoms. The molecule has 0 heterocycles. The highest BCUT2D eigenvalue weighted by Gasteiger charge is 2.60. The molecule has 0 aromatic rings. The van der Waals surface area contributed by atoms with E-state index in [1.165, 1.54) is 64.2 Å². The van der Waals surface area contributed by atoms with Crippen molar-refractivity contribution in [2.75, 3.05) is 12.3 Å². The van der Waals surface area contributed by atoms with Crippen LogP contribution < -0.4 is 5.32 Å². The molecule has 4 aliphatic rings. The van der Waals surface area contributed by atoms with E-state index in [0.29, 0.717) is 41.4 Å². The second-order valence-corrected chi connectivity index (χ2v) is 19.1. The molecule has 0 aliphatic heterocycles. The van der Waals surface area contributed by atoms with Crippen molar-refractivity contribution in [3.05, 3.63) is 36.5 Å².